The molecule has 0 saturated carbocycles. The molecule has 12 heavy (non-hydrogen) atoms. The molecule has 0 N–H and O–H groups in total. The number of rotatable bonds is 1. The first-order valence-corrected chi connectivity index (χ1v) is 4.56. The lowest BCUT2D eigenvalue weighted by molar-refractivity contribution is -0.525. The van der Waals surface area contributed by atoms with Gasteiger partial charge in [0, 0.05) is 36.8 Å². The summed E-state index contributed by atoms with van der Waals surface area (Å²) < 4.78 is -0.655. The number of nitrogens with zero attached hydrogens (tertiary/aromatic N) is 2. The minimum atomic E-state index is -1.34. The molecule has 0 bridgehead atoms. The fourth-order valence-corrected chi connectivity index (χ4v) is 1.92. The molecule has 1 aliphatic rings. The van der Waals surface area contributed by atoms with E-state index in [9.17, 15) is 15.3 Å². The summed E-state index contributed by atoms with van der Waals surface area (Å²) in [7, 11) is 0. The largest absolute Gasteiger partial charge is 0.618 e. The lowest BCUT2D eigenvalue weighted by atomic mass is 10.2. The lowest BCUT2D eigenvalue weighted by Gasteiger charge is -2.15. The standard InChI is InChI=1S/C5H4Br2N2O3/c6-4-3-5(7,9(11)12)1-2-8(4)10/h2-3H,1H2. The Morgan fingerprint density at radius 3 is 2.75 bits per heavy atom. The van der Waals surface area contributed by atoms with Crippen molar-refractivity contribution in [3.8, 4) is 0 Å². The van der Waals surface area contributed by atoms with E-state index in [0.717, 1.165) is 0 Å². The number of hydrogen-bond donors (Lipinski definition) is 0. The average molecular weight is 300 g/mol. The Hall–Kier alpha value is -0.430. The van der Waals surface area contributed by atoms with E-state index in [-0.39, 0.29) is 11.0 Å². The smallest absolute Gasteiger partial charge is 0.309 e. The summed E-state index contributed by atoms with van der Waals surface area (Å²) in [6.07, 6.45) is 2.46. The summed E-state index contributed by atoms with van der Waals surface area (Å²) >= 11 is 5.83. The molecule has 1 aliphatic heterocycles. The number of halogens is 2. The highest BCUT2D eigenvalue weighted by Crippen LogP contribution is 2.30. The first-order valence-electron chi connectivity index (χ1n) is 2.97. The van der Waals surface area contributed by atoms with E-state index < -0.39 is 9.37 Å². The van der Waals surface area contributed by atoms with E-state index in [1.165, 1.54) is 12.3 Å². The van der Waals surface area contributed by atoms with Crippen LogP contribution in [0.1, 0.15) is 6.42 Å². The zero-order chi connectivity index (χ0) is 9.35. The van der Waals surface area contributed by atoms with Crippen LogP contribution in [0.3, 0.4) is 0 Å². The van der Waals surface area contributed by atoms with E-state index in [1.54, 1.807) is 0 Å². The maximum absolute atomic E-state index is 10.8. The van der Waals surface area contributed by atoms with Crippen molar-refractivity contribution in [3.05, 3.63) is 26.0 Å². The average Bonchev–Trinajstić information content (AvgIpc) is 1.97. The summed E-state index contributed by atoms with van der Waals surface area (Å²) in [6, 6.07) is 0. The van der Waals surface area contributed by atoms with Crippen molar-refractivity contribution >= 4 is 38.1 Å². The zero-order valence-corrected chi connectivity index (χ0v) is 8.91. The second-order valence-electron chi connectivity index (χ2n) is 2.26. The minimum absolute atomic E-state index is 0.0403. The van der Waals surface area contributed by atoms with Gasteiger partial charge < -0.3 is 5.21 Å². The van der Waals surface area contributed by atoms with E-state index >= 15 is 0 Å². The van der Waals surface area contributed by atoms with Crippen LogP contribution in [0, 0.1) is 15.3 Å². The van der Waals surface area contributed by atoms with Crippen molar-refractivity contribution < 1.29 is 9.66 Å². The van der Waals surface area contributed by atoms with E-state index in [4.69, 9.17) is 0 Å². The Balaban J connectivity index is 2.98. The molecule has 5 nitrogen and oxygen atoms in total. The summed E-state index contributed by atoms with van der Waals surface area (Å²) in [6.45, 7) is 0. The van der Waals surface area contributed by atoms with Gasteiger partial charge in [-0.25, -0.2) is 0 Å². The summed E-state index contributed by atoms with van der Waals surface area (Å²) in [4.78, 5) is 9.99. The van der Waals surface area contributed by atoms with E-state index in [0.29, 0.717) is 4.74 Å². The van der Waals surface area contributed by atoms with Gasteiger partial charge >= 0.3 is 4.45 Å². The van der Waals surface area contributed by atoms with Gasteiger partial charge in [0.2, 0.25) is 0 Å². The van der Waals surface area contributed by atoms with Gasteiger partial charge in [0.05, 0.1) is 6.08 Å². The molecule has 0 radical (unpaired) electrons. The number of nitro groups is 1. The molecule has 0 amide bonds. The summed E-state index contributed by atoms with van der Waals surface area (Å²) in [5.41, 5.74) is 0. The molecular weight excluding hydrogens is 296 g/mol. The maximum atomic E-state index is 10.8. The van der Waals surface area contributed by atoms with Gasteiger partial charge in [0.15, 0.2) is 6.21 Å². The van der Waals surface area contributed by atoms with Crippen LogP contribution in [0.5, 0.6) is 0 Å². The molecule has 1 heterocycles. The van der Waals surface area contributed by atoms with Crippen LogP contribution >= 0.6 is 31.9 Å². The topological polar surface area (TPSA) is 69.2 Å². The van der Waals surface area contributed by atoms with Gasteiger partial charge in [-0.2, -0.15) is 4.74 Å². The van der Waals surface area contributed by atoms with E-state index in [2.05, 4.69) is 31.9 Å². The first-order chi connectivity index (χ1) is 5.46. The van der Waals surface area contributed by atoms with Gasteiger partial charge in [-0.05, 0) is 0 Å². The van der Waals surface area contributed by atoms with Crippen molar-refractivity contribution in [1.82, 2.24) is 0 Å². The number of hydrogen-bond acceptors (Lipinski definition) is 3. The van der Waals surface area contributed by atoms with E-state index in [1.807, 2.05) is 0 Å². The van der Waals surface area contributed by atoms with Crippen LogP contribution in [0.25, 0.3) is 0 Å². The third-order valence-corrected chi connectivity index (χ3v) is 2.82. The maximum Gasteiger partial charge on any atom is 0.309 e. The van der Waals surface area contributed by atoms with Gasteiger partial charge in [-0.3, -0.25) is 10.1 Å². The Morgan fingerprint density at radius 1 is 1.75 bits per heavy atom. The first kappa shape index (κ1) is 9.66. The van der Waals surface area contributed by atoms with Gasteiger partial charge in [0.1, 0.15) is 6.42 Å². The number of alkyl halides is 1. The SMILES string of the molecule is O=[N+]([O-])C1(Br)C=C(Br)[N+]([O-])=CC1. The van der Waals surface area contributed by atoms with Gasteiger partial charge in [-0.15, -0.1) is 0 Å². The second-order valence-corrected chi connectivity index (χ2v) is 4.44. The number of hydroxylamine groups is 1. The zero-order valence-electron chi connectivity index (χ0n) is 5.74. The highest BCUT2D eigenvalue weighted by atomic mass is 79.9. The summed E-state index contributed by atoms with van der Waals surface area (Å²) in [5.74, 6) is 0. The molecule has 1 unspecified atom stereocenters. The molecule has 0 aromatic carbocycles. The fourth-order valence-electron chi connectivity index (χ4n) is 0.730. The molecule has 66 valence electrons. The molecule has 0 spiro atoms. The Morgan fingerprint density at radius 2 is 2.33 bits per heavy atom. The fraction of sp³-hybridized carbons (Fsp3) is 0.400. The molecular formula is C5H4Br2N2O3. The second kappa shape index (κ2) is 3.14. The third kappa shape index (κ3) is 1.66. The predicted octanol–water partition coefficient (Wildman–Crippen LogP) is 1.58. The van der Waals surface area contributed by atoms with Crippen LogP contribution in [-0.2, 0) is 0 Å². The Bertz CT molecular complexity index is 288. The van der Waals surface area contributed by atoms with Crippen molar-refractivity contribution in [2.75, 3.05) is 0 Å². The lowest BCUT2D eigenvalue weighted by Crippen LogP contribution is -2.33. The monoisotopic (exact) mass is 298 g/mol. The predicted molar refractivity (Wildman–Crippen MR) is 50.0 cm³/mol. The highest BCUT2D eigenvalue weighted by Gasteiger charge is 2.42. The van der Waals surface area contributed by atoms with Crippen molar-refractivity contribution in [3.63, 3.8) is 0 Å². The van der Waals surface area contributed by atoms with Crippen molar-refractivity contribution in [1.29, 1.82) is 0 Å². The quantitative estimate of drug-likeness (QED) is 0.184. The normalized spacial score (nSPS) is 29.2. The molecule has 0 fully saturated rings. The van der Waals surface area contributed by atoms with Crippen LogP contribution in [0.15, 0.2) is 10.7 Å². The Labute approximate surface area is 84.7 Å². The highest BCUT2D eigenvalue weighted by molar-refractivity contribution is 9.11. The van der Waals surface area contributed by atoms with Crippen molar-refractivity contribution in [2.45, 2.75) is 10.9 Å². The van der Waals surface area contributed by atoms with Gasteiger partial charge in [0.25, 0.3) is 4.61 Å². The molecule has 7 heteroatoms. The molecule has 1 rings (SSSR count). The third-order valence-electron chi connectivity index (χ3n) is 1.40. The Kier molecular flexibility index (Phi) is 2.52. The van der Waals surface area contributed by atoms with Crippen molar-refractivity contribution in [2.24, 2.45) is 0 Å². The van der Waals surface area contributed by atoms with Crippen LogP contribution < -0.4 is 0 Å². The molecule has 0 aromatic heterocycles. The summed E-state index contributed by atoms with van der Waals surface area (Å²) in [5, 5.41) is 21.3. The van der Waals surface area contributed by atoms with Crippen LogP contribution in [0.4, 0.5) is 0 Å². The molecule has 1 atom stereocenters. The molecule has 0 saturated heterocycles. The van der Waals surface area contributed by atoms with Gasteiger partial charge in [-0.1, -0.05) is 0 Å². The molecule has 0 aliphatic carbocycles. The van der Waals surface area contributed by atoms with Crippen LogP contribution in [0.2, 0.25) is 0 Å². The minimum Gasteiger partial charge on any atom is -0.618 e. The molecule has 0 aromatic rings. The van der Waals surface area contributed by atoms with Crippen LogP contribution in [-0.4, -0.2) is 20.3 Å².